The van der Waals surface area contributed by atoms with E-state index in [-0.39, 0.29) is 29.4 Å². The van der Waals surface area contributed by atoms with E-state index in [0.717, 1.165) is 66.7 Å². The molecule has 3 unspecified atom stereocenters. The highest BCUT2D eigenvalue weighted by molar-refractivity contribution is 8.07. The number of thioether (sulfide) groups is 1. The summed E-state index contributed by atoms with van der Waals surface area (Å²) in [5.74, 6) is 1.06. The first-order chi connectivity index (χ1) is 18.0. The highest BCUT2D eigenvalue weighted by Gasteiger charge is 2.20. The second kappa shape index (κ2) is 21.1. The largest absolute Gasteiger partial charge is 0.329 e. The second-order valence-corrected chi connectivity index (χ2v) is 11.9. The Balaban J connectivity index is 5.27. The molecular weight excluding hydrogens is 490 g/mol. The van der Waals surface area contributed by atoms with Crippen LogP contribution in [0, 0.1) is 17.8 Å². The lowest BCUT2D eigenvalue weighted by atomic mass is 9.90. The van der Waals surface area contributed by atoms with E-state index >= 15 is 0 Å². The van der Waals surface area contributed by atoms with Crippen molar-refractivity contribution in [3.8, 4) is 0 Å². The molecule has 4 N–H and O–H groups in total. The van der Waals surface area contributed by atoms with Gasteiger partial charge in [0.05, 0.1) is 4.91 Å². The summed E-state index contributed by atoms with van der Waals surface area (Å²) >= 11 is 1.48. The van der Waals surface area contributed by atoms with Crippen LogP contribution in [0.25, 0.3) is 0 Å². The Labute approximate surface area is 237 Å². The van der Waals surface area contributed by atoms with E-state index in [9.17, 15) is 9.59 Å². The Morgan fingerprint density at radius 3 is 2.26 bits per heavy atom. The number of ketones is 2. The monoisotopic (exact) mass is 545 g/mol. The Morgan fingerprint density at radius 2 is 1.68 bits per heavy atom. The van der Waals surface area contributed by atoms with E-state index < -0.39 is 0 Å². The van der Waals surface area contributed by atoms with Crippen LogP contribution in [0.2, 0.25) is 0 Å². The molecule has 0 aliphatic carbocycles. The van der Waals surface area contributed by atoms with Gasteiger partial charge in [0.2, 0.25) is 0 Å². The smallest absolute Gasteiger partial charge is 0.181 e. The van der Waals surface area contributed by atoms with Gasteiger partial charge in [-0.15, -0.1) is 0 Å². The lowest BCUT2D eigenvalue weighted by molar-refractivity contribution is -0.113. The van der Waals surface area contributed by atoms with Gasteiger partial charge < -0.3 is 11.5 Å². The molecule has 0 aromatic heterocycles. The number of hydrogen-bond donors (Lipinski definition) is 2. The predicted octanol–water partition coefficient (Wildman–Crippen LogP) is 7.92. The molecule has 0 heterocycles. The maximum atomic E-state index is 13.2. The number of carbonyl (C=O) groups excluding carboxylic acids is 2. The van der Waals surface area contributed by atoms with Crippen molar-refractivity contribution in [1.82, 2.24) is 0 Å². The average Bonchev–Trinajstić information content (AvgIpc) is 2.88. The number of unbranched alkanes of at least 4 members (excludes halogenated alkanes) is 2. The van der Waals surface area contributed by atoms with Gasteiger partial charge in [0.25, 0.3) is 0 Å². The predicted molar refractivity (Wildman–Crippen MR) is 168 cm³/mol. The third-order valence-corrected chi connectivity index (χ3v) is 8.19. The summed E-state index contributed by atoms with van der Waals surface area (Å²) in [4.78, 5) is 31.5. The van der Waals surface area contributed by atoms with Crippen molar-refractivity contribution in [3.63, 3.8) is 0 Å². The molecule has 38 heavy (non-hydrogen) atoms. The standard InChI is InChI=1S/C32H55N3O2S/c1-9-11-13-19-35-30(21-24(4)16-15-23(3)20-29(34)22-33)31(37)18-17-25(5)26(6)28(8)38-32(27(7)36)14-12-10-2/h13-14,19,21,23,25-26,29H,8-12,15-18,20,22,33-34H2,1-7H3/b19-13+,24-21+,32-14-,35-30-/t23?,25-,26?,29?/m1/s1. The third kappa shape index (κ3) is 16.3. The van der Waals surface area contributed by atoms with Gasteiger partial charge in [-0.2, -0.15) is 0 Å². The quantitative estimate of drug-likeness (QED) is 0.113. The SMILES string of the molecule is C=C(S/C(=C\CCC)C(C)=O)C(C)[C@H](C)CCC(=O)C(/C=C(\C)CCC(C)CC(N)CN)=N\C=C\CCC. The number of allylic oxidation sites excluding steroid dienone is 6. The topological polar surface area (TPSA) is 98.5 Å². The zero-order chi connectivity index (χ0) is 29.1. The summed E-state index contributed by atoms with van der Waals surface area (Å²) in [5, 5.41) is 0. The lowest BCUT2D eigenvalue weighted by Gasteiger charge is -2.22. The molecule has 0 aromatic rings. The van der Waals surface area contributed by atoms with Gasteiger partial charge in [-0.1, -0.05) is 83.5 Å². The zero-order valence-electron chi connectivity index (χ0n) is 25.2. The molecule has 0 amide bonds. The van der Waals surface area contributed by atoms with Crippen molar-refractivity contribution in [1.29, 1.82) is 0 Å². The van der Waals surface area contributed by atoms with Crippen LogP contribution in [0.1, 0.15) is 106 Å². The average molecular weight is 546 g/mol. The fourth-order valence-electron chi connectivity index (χ4n) is 3.90. The molecule has 4 atom stereocenters. The van der Waals surface area contributed by atoms with Crippen LogP contribution in [0.3, 0.4) is 0 Å². The van der Waals surface area contributed by atoms with Crippen LogP contribution < -0.4 is 11.5 Å². The summed E-state index contributed by atoms with van der Waals surface area (Å²) in [6.07, 6.45) is 15.6. The van der Waals surface area contributed by atoms with Crippen molar-refractivity contribution in [2.45, 2.75) is 112 Å². The highest BCUT2D eigenvalue weighted by Crippen LogP contribution is 2.35. The second-order valence-electron chi connectivity index (χ2n) is 10.8. The van der Waals surface area contributed by atoms with Crippen LogP contribution >= 0.6 is 11.8 Å². The number of rotatable bonds is 21. The molecule has 0 saturated heterocycles. The zero-order valence-corrected chi connectivity index (χ0v) is 26.0. The summed E-state index contributed by atoms with van der Waals surface area (Å²) in [5.41, 5.74) is 13.3. The van der Waals surface area contributed by atoms with E-state index in [2.05, 4.69) is 53.1 Å². The fraction of sp³-hybridized carbons (Fsp3) is 0.656. The molecule has 0 bridgehead atoms. The molecule has 0 saturated carbocycles. The first kappa shape index (κ1) is 36.2. The number of carbonyl (C=O) groups is 2. The minimum Gasteiger partial charge on any atom is -0.329 e. The van der Waals surface area contributed by atoms with E-state index in [4.69, 9.17) is 11.5 Å². The Bertz CT molecular complexity index is 857. The number of nitrogens with zero attached hydrogens (tertiary/aromatic N) is 1. The molecule has 0 aliphatic heterocycles. The van der Waals surface area contributed by atoms with Gasteiger partial charge in [0.15, 0.2) is 11.6 Å². The van der Waals surface area contributed by atoms with E-state index in [1.807, 2.05) is 18.2 Å². The van der Waals surface area contributed by atoms with Gasteiger partial charge in [-0.05, 0) is 81.1 Å². The maximum Gasteiger partial charge on any atom is 0.181 e. The summed E-state index contributed by atoms with van der Waals surface area (Å²) < 4.78 is 0. The molecular formula is C32H55N3O2S. The highest BCUT2D eigenvalue weighted by atomic mass is 32.2. The van der Waals surface area contributed by atoms with Crippen molar-refractivity contribution in [3.05, 3.63) is 46.4 Å². The number of Topliss-reactive ketones (excluding diaryl/α,β-unsaturated/α-hetero) is 2. The van der Waals surface area contributed by atoms with Gasteiger partial charge >= 0.3 is 0 Å². The maximum absolute atomic E-state index is 13.2. The molecule has 0 fully saturated rings. The van der Waals surface area contributed by atoms with Crippen molar-refractivity contribution < 1.29 is 9.59 Å². The van der Waals surface area contributed by atoms with Crippen molar-refractivity contribution in [2.75, 3.05) is 6.54 Å². The van der Waals surface area contributed by atoms with Gasteiger partial charge in [-0.3, -0.25) is 14.6 Å². The molecule has 0 rings (SSSR count). The molecule has 0 spiro atoms. The summed E-state index contributed by atoms with van der Waals surface area (Å²) in [6, 6.07) is 0.0389. The Kier molecular flexibility index (Phi) is 20.1. The molecule has 0 radical (unpaired) electrons. The van der Waals surface area contributed by atoms with Crippen LogP contribution in [-0.2, 0) is 9.59 Å². The molecule has 5 nitrogen and oxygen atoms in total. The Hall–Kier alpha value is -1.76. The third-order valence-electron chi connectivity index (χ3n) is 6.88. The van der Waals surface area contributed by atoms with Crippen LogP contribution in [0.4, 0.5) is 0 Å². The van der Waals surface area contributed by atoms with Crippen molar-refractivity contribution in [2.24, 2.45) is 34.2 Å². The molecule has 6 heteroatoms. The first-order valence-corrected chi connectivity index (χ1v) is 15.2. The van der Waals surface area contributed by atoms with Gasteiger partial charge in [-0.25, -0.2) is 0 Å². The molecule has 216 valence electrons. The molecule has 0 aliphatic rings. The minimum atomic E-state index is 0.0389. The normalized spacial score (nSPS) is 16.4. The number of nitrogens with two attached hydrogens (primary N) is 2. The first-order valence-electron chi connectivity index (χ1n) is 14.4. The van der Waals surface area contributed by atoms with E-state index in [1.165, 1.54) is 11.8 Å². The van der Waals surface area contributed by atoms with Gasteiger partial charge in [0, 0.05) is 25.2 Å². The van der Waals surface area contributed by atoms with Gasteiger partial charge in [0.1, 0.15) is 5.71 Å². The van der Waals surface area contributed by atoms with E-state index in [0.29, 0.717) is 24.6 Å². The Morgan fingerprint density at radius 1 is 1.03 bits per heavy atom. The minimum absolute atomic E-state index is 0.0389. The van der Waals surface area contributed by atoms with Crippen LogP contribution in [0.15, 0.2) is 51.4 Å². The van der Waals surface area contributed by atoms with E-state index in [1.54, 1.807) is 13.1 Å². The van der Waals surface area contributed by atoms with Crippen LogP contribution in [0.5, 0.6) is 0 Å². The van der Waals surface area contributed by atoms with Crippen molar-refractivity contribution >= 4 is 29.0 Å². The van der Waals surface area contributed by atoms with Crippen LogP contribution in [-0.4, -0.2) is 29.9 Å². The fourth-order valence-corrected chi connectivity index (χ4v) is 4.94. The summed E-state index contributed by atoms with van der Waals surface area (Å²) in [7, 11) is 0. The number of aliphatic imine (C=N–C) groups is 1. The number of hydrogen-bond acceptors (Lipinski definition) is 6. The lowest BCUT2D eigenvalue weighted by Crippen LogP contribution is -2.31. The molecule has 0 aromatic carbocycles. The summed E-state index contributed by atoms with van der Waals surface area (Å²) in [6.45, 7) is 19.1.